The Hall–Kier alpha value is -1.77. The van der Waals surface area contributed by atoms with Gasteiger partial charge in [0.1, 0.15) is 0 Å². The number of nitrogens with zero attached hydrogens (tertiary/aromatic N) is 2. The molecule has 2 saturated heterocycles. The van der Waals surface area contributed by atoms with Gasteiger partial charge in [-0.15, -0.1) is 0 Å². The zero-order valence-electron chi connectivity index (χ0n) is 16.2. The van der Waals surface area contributed by atoms with Gasteiger partial charge in [-0.3, -0.25) is 0 Å². The Bertz CT molecular complexity index is 775. The number of piperidine rings is 2. The van der Waals surface area contributed by atoms with E-state index in [1.807, 2.05) is 12.3 Å². The van der Waals surface area contributed by atoms with E-state index >= 15 is 0 Å². The summed E-state index contributed by atoms with van der Waals surface area (Å²) in [6.07, 6.45) is 8.67. The molecule has 1 aromatic carbocycles. The number of rotatable bonds is 3. The molecule has 3 heteroatoms. The van der Waals surface area contributed by atoms with E-state index in [4.69, 9.17) is 9.40 Å². The van der Waals surface area contributed by atoms with E-state index in [1.54, 1.807) is 0 Å². The second-order valence-corrected chi connectivity index (χ2v) is 10.00. The maximum Gasteiger partial charge on any atom is 0.298 e. The molecule has 138 valence electrons. The van der Waals surface area contributed by atoms with Crippen LogP contribution in [0.2, 0.25) is 0 Å². The van der Waals surface area contributed by atoms with Gasteiger partial charge in [-0.2, -0.15) is 0 Å². The molecule has 3 nitrogen and oxygen atoms in total. The van der Waals surface area contributed by atoms with Gasteiger partial charge in [0.05, 0.1) is 6.20 Å². The summed E-state index contributed by atoms with van der Waals surface area (Å²) in [6.45, 7) is 7.17. The second-order valence-electron chi connectivity index (χ2n) is 10.00. The maximum absolute atomic E-state index is 6.29. The average Bonchev–Trinajstić information content (AvgIpc) is 3.07. The normalized spacial score (nSPS) is 33.0. The summed E-state index contributed by atoms with van der Waals surface area (Å²) in [4.78, 5) is 7.31. The molecule has 0 N–H and O–H groups in total. The third-order valence-electron chi connectivity index (χ3n) is 6.86. The Kier molecular flexibility index (Phi) is 3.70. The van der Waals surface area contributed by atoms with Gasteiger partial charge in [0.15, 0.2) is 5.76 Å². The van der Waals surface area contributed by atoms with Crippen molar-refractivity contribution in [1.82, 2.24) is 4.98 Å². The first-order valence-corrected chi connectivity index (χ1v) is 10.3. The van der Waals surface area contributed by atoms with Gasteiger partial charge >= 0.3 is 0 Å². The van der Waals surface area contributed by atoms with E-state index in [0.29, 0.717) is 17.5 Å². The van der Waals surface area contributed by atoms with Crippen LogP contribution >= 0.6 is 0 Å². The van der Waals surface area contributed by atoms with Crippen molar-refractivity contribution in [1.29, 1.82) is 0 Å². The lowest BCUT2D eigenvalue weighted by molar-refractivity contribution is 0.00749. The topological polar surface area (TPSA) is 29.3 Å². The highest BCUT2D eigenvalue weighted by atomic mass is 16.4. The SMILES string of the molecule is CC(C)(C)CC1C2CC3CC(C2)N(c2ncc(-c4ccccc4)o2)C1C3. The summed E-state index contributed by atoms with van der Waals surface area (Å²) in [5, 5.41) is 0. The average molecular weight is 351 g/mol. The first-order valence-electron chi connectivity index (χ1n) is 10.3. The molecule has 2 saturated carbocycles. The highest BCUT2D eigenvalue weighted by Crippen LogP contribution is 2.55. The van der Waals surface area contributed by atoms with Crippen LogP contribution in [0.4, 0.5) is 6.01 Å². The summed E-state index contributed by atoms with van der Waals surface area (Å²) in [5.41, 5.74) is 1.50. The van der Waals surface area contributed by atoms with Crippen molar-refractivity contribution >= 4 is 6.01 Å². The first kappa shape index (κ1) is 16.4. The molecular formula is C23H30N2O. The largest absolute Gasteiger partial charge is 0.423 e. The van der Waals surface area contributed by atoms with Gasteiger partial charge < -0.3 is 9.32 Å². The smallest absolute Gasteiger partial charge is 0.298 e. The van der Waals surface area contributed by atoms with Crippen LogP contribution in [-0.2, 0) is 0 Å². The summed E-state index contributed by atoms with van der Waals surface area (Å²) < 4.78 is 6.29. The fourth-order valence-electron chi connectivity index (χ4n) is 6.07. The number of hydrogen-bond acceptors (Lipinski definition) is 3. The Balaban J connectivity index is 1.46. The van der Waals surface area contributed by atoms with Crippen molar-refractivity contribution in [3.05, 3.63) is 36.5 Å². The van der Waals surface area contributed by atoms with Gasteiger partial charge in [0.25, 0.3) is 6.01 Å². The third kappa shape index (κ3) is 2.76. The van der Waals surface area contributed by atoms with Gasteiger partial charge in [-0.1, -0.05) is 51.1 Å². The van der Waals surface area contributed by atoms with Crippen LogP contribution in [0.3, 0.4) is 0 Å². The highest BCUT2D eigenvalue weighted by Gasteiger charge is 2.54. The third-order valence-corrected chi connectivity index (χ3v) is 6.86. The number of oxazole rings is 1. The minimum absolute atomic E-state index is 0.386. The minimum Gasteiger partial charge on any atom is -0.423 e. The molecule has 2 aliphatic carbocycles. The molecular weight excluding hydrogens is 320 g/mol. The number of aromatic nitrogens is 1. The Morgan fingerprint density at radius 3 is 2.65 bits per heavy atom. The number of hydrogen-bond donors (Lipinski definition) is 0. The van der Waals surface area contributed by atoms with Gasteiger partial charge in [-0.05, 0) is 55.3 Å². The molecule has 0 amide bonds. The molecule has 2 aliphatic heterocycles. The van der Waals surface area contributed by atoms with Gasteiger partial charge in [0.2, 0.25) is 0 Å². The van der Waals surface area contributed by atoms with E-state index in [9.17, 15) is 0 Å². The van der Waals surface area contributed by atoms with Crippen molar-refractivity contribution in [2.45, 2.75) is 65.0 Å². The molecule has 4 fully saturated rings. The first-order chi connectivity index (χ1) is 12.5. The monoisotopic (exact) mass is 350 g/mol. The summed E-state index contributed by atoms with van der Waals surface area (Å²) in [7, 11) is 0. The Morgan fingerprint density at radius 1 is 1.08 bits per heavy atom. The summed E-state index contributed by atoms with van der Waals surface area (Å²) in [6, 6.07) is 12.5. The zero-order valence-corrected chi connectivity index (χ0v) is 16.2. The Labute approximate surface area is 156 Å². The van der Waals surface area contributed by atoms with Crippen LogP contribution in [0.15, 0.2) is 40.9 Å². The minimum atomic E-state index is 0.386. The fourth-order valence-corrected chi connectivity index (χ4v) is 6.07. The lowest BCUT2D eigenvalue weighted by Gasteiger charge is -2.60. The van der Waals surface area contributed by atoms with E-state index in [-0.39, 0.29) is 0 Å². The maximum atomic E-state index is 6.29. The molecule has 5 unspecified atom stereocenters. The van der Waals surface area contributed by atoms with Crippen LogP contribution in [0.1, 0.15) is 52.9 Å². The van der Waals surface area contributed by atoms with Crippen LogP contribution in [0.5, 0.6) is 0 Å². The fraction of sp³-hybridized carbons (Fsp3) is 0.609. The zero-order chi connectivity index (χ0) is 17.9. The molecule has 3 heterocycles. The number of benzene rings is 1. The molecule has 0 spiro atoms. The standard InChI is InChI=1S/C23H30N2O/c1-23(2,3)13-19-17-9-15-10-18(12-17)25(20(19)11-15)22-24-14-21(26-22)16-7-5-4-6-8-16/h4-8,14-15,17-20H,9-13H2,1-3H3. The Morgan fingerprint density at radius 2 is 1.88 bits per heavy atom. The molecule has 1 aromatic heterocycles. The predicted octanol–water partition coefficient (Wildman–Crippen LogP) is 5.77. The molecule has 6 rings (SSSR count). The highest BCUT2D eigenvalue weighted by molar-refractivity contribution is 5.57. The molecule has 2 aromatic rings. The second kappa shape index (κ2) is 5.87. The quantitative estimate of drug-likeness (QED) is 0.703. The number of anilines is 1. The van der Waals surface area contributed by atoms with Crippen LogP contribution < -0.4 is 4.90 Å². The van der Waals surface area contributed by atoms with E-state index in [1.165, 1.54) is 32.1 Å². The van der Waals surface area contributed by atoms with Crippen molar-refractivity contribution < 1.29 is 4.42 Å². The summed E-state index contributed by atoms with van der Waals surface area (Å²) in [5.74, 6) is 3.52. The molecule has 0 radical (unpaired) electrons. The van der Waals surface area contributed by atoms with Crippen molar-refractivity contribution in [3.8, 4) is 11.3 Å². The molecule has 26 heavy (non-hydrogen) atoms. The lowest BCUT2D eigenvalue weighted by Crippen LogP contribution is -2.63. The van der Waals surface area contributed by atoms with Crippen molar-refractivity contribution in [2.24, 2.45) is 23.2 Å². The molecule has 4 aliphatic rings. The van der Waals surface area contributed by atoms with Crippen molar-refractivity contribution in [2.75, 3.05) is 4.90 Å². The van der Waals surface area contributed by atoms with E-state index < -0.39 is 0 Å². The van der Waals surface area contributed by atoms with Crippen molar-refractivity contribution in [3.63, 3.8) is 0 Å². The van der Waals surface area contributed by atoms with E-state index in [0.717, 1.165) is 35.1 Å². The molecule has 5 atom stereocenters. The van der Waals surface area contributed by atoms with Gasteiger partial charge in [-0.25, -0.2) is 4.98 Å². The lowest BCUT2D eigenvalue weighted by atomic mass is 9.56. The van der Waals surface area contributed by atoms with Crippen LogP contribution in [0.25, 0.3) is 11.3 Å². The molecule has 4 bridgehead atoms. The van der Waals surface area contributed by atoms with Crippen LogP contribution in [0, 0.1) is 23.2 Å². The predicted molar refractivity (Wildman–Crippen MR) is 105 cm³/mol. The van der Waals surface area contributed by atoms with E-state index in [2.05, 4.69) is 49.9 Å². The van der Waals surface area contributed by atoms with Crippen LogP contribution in [-0.4, -0.2) is 17.1 Å². The summed E-state index contributed by atoms with van der Waals surface area (Å²) >= 11 is 0. The van der Waals surface area contributed by atoms with Gasteiger partial charge in [0, 0.05) is 17.6 Å².